The molecule has 0 saturated carbocycles. The fourth-order valence-corrected chi connectivity index (χ4v) is 2.19. The molecular weight excluding hydrogens is 280 g/mol. The number of aryl methyl sites for hydroxylation is 1. The highest BCUT2D eigenvalue weighted by Gasteiger charge is 2.05. The van der Waals surface area contributed by atoms with Crippen LogP contribution in [0.5, 0.6) is 5.88 Å². The van der Waals surface area contributed by atoms with Crippen molar-refractivity contribution >= 4 is 11.7 Å². The van der Waals surface area contributed by atoms with E-state index in [0.29, 0.717) is 12.5 Å². The number of aromatic nitrogens is 1. The lowest BCUT2D eigenvalue weighted by Gasteiger charge is -2.17. The van der Waals surface area contributed by atoms with Gasteiger partial charge in [-0.1, -0.05) is 18.2 Å². The topological polar surface area (TPSA) is 62.7 Å². The minimum atomic E-state index is -0.987. The third-order valence-electron chi connectivity index (χ3n) is 3.30. The van der Waals surface area contributed by atoms with Gasteiger partial charge in [0.15, 0.2) is 0 Å². The second-order valence-electron chi connectivity index (χ2n) is 5.17. The third-order valence-corrected chi connectivity index (χ3v) is 3.30. The smallest absolute Gasteiger partial charge is 0.337 e. The molecule has 0 spiro atoms. The predicted molar refractivity (Wildman–Crippen MR) is 85.8 cm³/mol. The van der Waals surface area contributed by atoms with Crippen molar-refractivity contribution in [2.45, 2.75) is 12.8 Å². The largest absolute Gasteiger partial charge is 0.478 e. The van der Waals surface area contributed by atoms with E-state index < -0.39 is 5.97 Å². The number of carboxylic acid groups (broad SMARTS) is 1. The van der Waals surface area contributed by atoms with Gasteiger partial charge in [-0.3, -0.25) is 0 Å². The van der Waals surface area contributed by atoms with Gasteiger partial charge in [0.25, 0.3) is 0 Å². The average molecular weight is 300 g/mol. The Morgan fingerprint density at radius 1 is 1.23 bits per heavy atom. The normalized spacial score (nSPS) is 10.3. The maximum Gasteiger partial charge on any atom is 0.337 e. The van der Waals surface area contributed by atoms with E-state index >= 15 is 0 Å². The maximum atomic E-state index is 10.7. The quantitative estimate of drug-likeness (QED) is 0.797. The molecule has 22 heavy (non-hydrogen) atoms. The molecule has 0 radical (unpaired) electrons. The molecule has 0 aliphatic rings. The summed E-state index contributed by atoms with van der Waals surface area (Å²) in [5.74, 6) is -0.537. The molecular formula is C17H20N2O3. The fourth-order valence-electron chi connectivity index (χ4n) is 2.19. The Hall–Kier alpha value is -2.56. The van der Waals surface area contributed by atoms with Crippen molar-refractivity contribution in [1.29, 1.82) is 0 Å². The first-order chi connectivity index (χ1) is 10.6. The molecule has 0 saturated heterocycles. The zero-order chi connectivity index (χ0) is 15.9. The van der Waals surface area contributed by atoms with Crippen LogP contribution in [-0.4, -0.2) is 36.8 Å². The first kappa shape index (κ1) is 15.8. The molecule has 0 aliphatic heterocycles. The molecule has 1 aromatic carbocycles. The highest BCUT2D eigenvalue weighted by atomic mass is 16.5. The summed E-state index contributed by atoms with van der Waals surface area (Å²) in [7, 11) is 4.06. The van der Waals surface area contributed by atoms with Crippen LogP contribution in [0.2, 0.25) is 0 Å². The lowest BCUT2D eigenvalue weighted by Crippen LogP contribution is -2.11. The molecule has 0 amide bonds. The van der Waals surface area contributed by atoms with E-state index in [9.17, 15) is 4.79 Å². The number of pyridine rings is 1. The van der Waals surface area contributed by atoms with Gasteiger partial charge in [-0.05, 0) is 30.5 Å². The van der Waals surface area contributed by atoms with Gasteiger partial charge in [-0.2, -0.15) is 0 Å². The summed E-state index contributed by atoms with van der Waals surface area (Å²) in [4.78, 5) is 16.8. The summed E-state index contributed by atoms with van der Waals surface area (Å²) >= 11 is 0. The van der Waals surface area contributed by atoms with Crippen molar-refractivity contribution in [3.63, 3.8) is 0 Å². The summed E-state index contributed by atoms with van der Waals surface area (Å²) in [5.41, 5.74) is 2.66. The highest BCUT2D eigenvalue weighted by Crippen LogP contribution is 2.19. The lowest BCUT2D eigenvalue weighted by molar-refractivity contribution is 0.0696. The van der Waals surface area contributed by atoms with Gasteiger partial charge >= 0.3 is 5.97 Å². The van der Waals surface area contributed by atoms with Crippen molar-refractivity contribution in [3.8, 4) is 5.88 Å². The van der Waals surface area contributed by atoms with Gasteiger partial charge in [0.05, 0.1) is 12.2 Å². The zero-order valence-electron chi connectivity index (χ0n) is 12.8. The Bertz CT molecular complexity index is 624. The molecule has 0 atom stereocenters. The summed E-state index contributed by atoms with van der Waals surface area (Å²) in [6.45, 7) is 0.543. The number of hydrogen-bond donors (Lipinski definition) is 1. The van der Waals surface area contributed by atoms with Crippen molar-refractivity contribution in [1.82, 2.24) is 4.98 Å². The zero-order valence-corrected chi connectivity index (χ0v) is 12.8. The van der Waals surface area contributed by atoms with Crippen LogP contribution in [0, 0.1) is 0 Å². The van der Waals surface area contributed by atoms with E-state index in [1.807, 2.05) is 26.2 Å². The van der Waals surface area contributed by atoms with E-state index in [1.54, 1.807) is 6.07 Å². The molecule has 5 heteroatoms. The standard InChI is InChI=1S/C17H20N2O3/c1-19(2)15-8-4-3-6-13(15)7-5-11-22-16-10-9-14(12-18-16)17(20)21/h3-4,6,8-10,12H,5,7,11H2,1-2H3,(H,20,21). The minimum absolute atomic E-state index is 0.160. The second kappa shape index (κ2) is 7.45. The number of carbonyl (C=O) groups is 1. The van der Waals surface area contributed by atoms with Crippen LogP contribution in [0.3, 0.4) is 0 Å². The van der Waals surface area contributed by atoms with Crippen LogP contribution >= 0.6 is 0 Å². The summed E-state index contributed by atoms with van der Waals surface area (Å²) in [6, 6.07) is 11.4. The van der Waals surface area contributed by atoms with Gasteiger partial charge in [0.2, 0.25) is 5.88 Å². The van der Waals surface area contributed by atoms with Crippen LogP contribution in [-0.2, 0) is 6.42 Å². The van der Waals surface area contributed by atoms with Crippen molar-refractivity contribution in [3.05, 3.63) is 53.7 Å². The van der Waals surface area contributed by atoms with Gasteiger partial charge in [-0.25, -0.2) is 9.78 Å². The van der Waals surface area contributed by atoms with Crippen LogP contribution in [0.1, 0.15) is 22.3 Å². The van der Waals surface area contributed by atoms with Crippen LogP contribution in [0.15, 0.2) is 42.6 Å². The molecule has 2 aromatic rings. The van der Waals surface area contributed by atoms with Crippen molar-refractivity contribution < 1.29 is 14.6 Å². The number of rotatable bonds is 7. The first-order valence-electron chi connectivity index (χ1n) is 7.15. The highest BCUT2D eigenvalue weighted by molar-refractivity contribution is 5.87. The lowest BCUT2D eigenvalue weighted by atomic mass is 10.1. The maximum absolute atomic E-state index is 10.7. The number of carboxylic acids is 1. The number of ether oxygens (including phenoxy) is 1. The summed E-state index contributed by atoms with van der Waals surface area (Å²) < 4.78 is 5.55. The molecule has 2 rings (SSSR count). The molecule has 1 aromatic heterocycles. The molecule has 1 N–H and O–H groups in total. The van der Waals surface area contributed by atoms with Gasteiger partial charge in [0.1, 0.15) is 0 Å². The van der Waals surface area contributed by atoms with E-state index in [1.165, 1.54) is 23.5 Å². The summed E-state index contributed by atoms with van der Waals surface area (Å²) in [5, 5.41) is 8.80. The number of anilines is 1. The molecule has 5 nitrogen and oxygen atoms in total. The third kappa shape index (κ3) is 4.22. The van der Waals surface area contributed by atoms with Crippen molar-refractivity contribution in [2.75, 3.05) is 25.6 Å². The average Bonchev–Trinajstić information content (AvgIpc) is 2.52. The molecule has 0 unspecified atom stereocenters. The number of hydrogen-bond acceptors (Lipinski definition) is 4. The van der Waals surface area contributed by atoms with Crippen molar-refractivity contribution in [2.24, 2.45) is 0 Å². The number of aromatic carboxylic acids is 1. The van der Waals surface area contributed by atoms with Gasteiger partial charge in [-0.15, -0.1) is 0 Å². The number of benzene rings is 1. The van der Waals surface area contributed by atoms with E-state index in [0.717, 1.165) is 12.8 Å². The Morgan fingerprint density at radius 2 is 2.00 bits per heavy atom. The van der Waals surface area contributed by atoms with Crippen LogP contribution in [0.25, 0.3) is 0 Å². The van der Waals surface area contributed by atoms with Crippen LogP contribution < -0.4 is 9.64 Å². The molecule has 1 heterocycles. The number of para-hydroxylation sites is 1. The second-order valence-corrected chi connectivity index (χ2v) is 5.17. The molecule has 0 aliphatic carbocycles. The first-order valence-corrected chi connectivity index (χ1v) is 7.15. The van der Waals surface area contributed by atoms with Gasteiger partial charge in [0, 0.05) is 32.0 Å². The van der Waals surface area contributed by atoms with E-state index in [2.05, 4.69) is 22.0 Å². The minimum Gasteiger partial charge on any atom is -0.478 e. The Morgan fingerprint density at radius 3 is 2.64 bits per heavy atom. The molecule has 116 valence electrons. The Kier molecular flexibility index (Phi) is 5.36. The van der Waals surface area contributed by atoms with Gasteiger partial charge < -0.3 is 14.7 Å². The monoisotopic (exact) mass is 300 g/mol. The predicted octanol–water partition coefficient (Wildman–Crippen LogP) is 2.86. The summed E-state index contributed by atoms with van der Waals surface area (Å²) in [6.07, 6.45) is 3.09. The Labute approximate surface area is 130 Å². The van der Waals surface area contributed by atoms with E-state index in [-0.39, 0.29) is 5.56 Å². The molecule has 0 fully saturated rings. The Balaban J connectivity index is 1.83. The molecule has 0 bridgehead atoms. The van der Waals surface area contributed by atoms with E-state index in [4.69, 9.17) is 9.84 Å². The van der Waals surface area contributed by atoms with Crippen LogP contribution in [0.4, 0.5) is 5.69 Å². The number of nitrogens with zero attached hydrogens (tertiary/aromatic N) is 2. The SMILES string of the molecule is CN(C)c1ccccc1CCCOc1ccc(C(=O)O)cn1. The fraction of sp³-hybridized carbons (Fsp3) is 0.294.